The number of carbonyl (C=O) groups is 1. The zero-order valence-corrected chi connectivity index (χ0v) is 13.7. The molecule has 3 aromatic rings. The lowest BCUT2D eigenvalue weighted by Gasteiger charge is -2.12. The average Bonchev–Trinajstić information content (AvgIpc) is 2.63. The predicted molar refractivity (Wildman–Crippen MR) is 93.0 cm³/mol. The smallest absolute Gasteiger partial charge is 0.404 e. The molecule has 0 bridgehead atoms. The van der Waals surface area contributed by atoms with Crippen molar-refractivity contribution in [2.24, 2.45) is 0 Å². The van der Waals surface area contributed by atoms with Crippen LogP contribution in [0.2, 0.25) is 0 Å². The number of hydrogen-bond donors (Lipinski definition) is 2. The first-order valence-corrected chi connectivity index (χ1v) is 7.66. The molecule has 0 aliphatic carbocycles. The summed E-state index contributed by atoms with van der Waals surface area (Å²) in [5, 5.41) is 2.45. The number of nitrogen functional groups attached to an aromatic ring is 1. The van der Waals surface area contributed by atoms with Crippen LogP contribution in [0.5, 0.6) is 5.75 Å². The van der Waals surface area contributed by atoms with Crippen molar-refractivity contribution in [3.8, 4) is 16.9 Å². The fourth-order valence-corrected chi connectivity index (χ4v) is 2.25. The molecule has 3 rings (SSSR count). The van der Waals surface area contributed by atoms with Gasteiger partial charge in [0.15, 0.2) is 5.75 Å². The average molecular weight is 374 g/mol. The van der Waals surface area contributed by atoms with Crippen LogP contribution in [-0.2, 0) is 0 Å². The summed E-state index contributed by atoms with van der Waals surface area (Å²) in [6.07, 6.45) is -1.77. The molecule has 27 heavy (non-hydrogen) atoms. The van der Waals surface area contributed by atoms with Crippen LogP contribution >= 0.6 is 0 Å². The second-order valence-corrected chi connectivity index (χ2v) is 5.42. The number of hydrogen-bond acceptors (Lipinski definition) is 5. The molecule has 9 heteroatoms. The van der Waals surface area contributed by atoms with Crippen molar-refractivity contribution in [3.05, 3.63) is 66.5 Å². The Morgan fingerprint density at radius 3 is 2.26 bits per heavy atom. The van der Waals surface area contributed by atoms with Crippen LogP contribution in [0.4, 0.5) is 24.8 Å². The number of benzene rings is 2. The third-order valence-electron chi connectivity index (χ3n) is 3.48. The maximum atomic E-state index is 12.2. The molecule has 6 nitrogen and oxygen atoms in total. The van der Waals surface area contributed by atoms with E-state index in [0.717, 1.165) is 29.3 Å². The summed E-state index contributed by atoms with van der Waals surface area (Å²) in [6.45, 7) is 0. The van der Waals surface area contributed by atoms with Crippen LogP contribution in [0, 0.1) is 0 Å². The van der Waals surface area contributed by atoms with Gasteiger partial charge in [0.05, 0.1) is 5.69 Å². The van der Waals surface area contributed by atoms with Gasteiger partial charge in [0.25, 0.3) is 5.91 Å². The number of nitrogens with one attached hydrogen (secondary N) is 1. The SMILES string of the molecule is Nc1cc(C(=O)Nc2ncc(-c3ccccc3)cn2)ccc1OC(F)(F)F. The maximum absolute atomic E-state index is 12.2. The van der Waals surface area contributed by atoms with E-state index in [0.29, 0.717) is 0 Å². The summed E-state index contributed by atoms with van der Waals surface area (Å²) in [4.78, 5) is 20.3. The third-order valence-corrected chi connectivity index (χ3v) is 3.48. The summed E-state index contributed by atoms with van der Waals surface area (Å²) < 4.78 is 40.5. The lowest BCUT2D eigenvalue weighted by atomic mass is 10.1. The second-order valence-electron chi connectivity index (χ2n) is 5.42. The maximum Gasteiger partial charge on any atom is 0.573 e. The number of aromatic nitrogens is 2. The van der Waals surface area contributed by atoms with Gasteiger partial charge < -0.3 is 10.5 Å². The number of nitrogens with two attached hydrogens (primary N) is 1. The minimum atomic E-state index is -4.87. The quantitative estimate of drug-likeness (QED) is 0.677. The molecule has 0 unspecified atom stereocenters. The Hall–Kier alpha value is -3.62. The van der Waals surface area contributed by atoms with Gasteiger partial charge in [0, 0.05) is 23.5 Å². The van der Waals surface area contributed by atoms with E-state index in [2.05, 4.69) is 20.0 Å². The Kier molecular flexibility index (Phi) is 4.93. The van der Waals surface area contributed by atoms with Crippen molar-refractivity contribution in [1.82, 2.24) is 9.97 Å². The molecule has 1 heterocycles. The first-order chi connectivity index (χ1) is 12.8. The normalized spacial score (nSPS) is 11.1. The number of carbonyl (C=O) groups excluding carboxylic acids is 1. The summed E-state index contributed by atoms with van der Waals surface area (Å²) >= 11 is 0. The molecule has 1 amide bonds. The monoisotopic (exact) mass is 374 g/mol. The summed E-state index contributed by atoms with van der Waals surface area (Å²) in [5.41, 5.74) is 6.92. The zero-order valence-electron chi connectivity index (χ0n) is 13.7. The summed E-state index contributed by atoms with van der Waals surface area (Å²) in [5.74, 6) is -1.15. The van der Waals surface area contributed by atoms with E-state index in [1.165, 1.54) is 0 Å². The lowest BCUT2D eigenvalue weighted by molar-refractivity contribution is -0.274. The van der Waals surface area contributed by atoms with Crippen LogP contribution in [0.25, 0.3) is 11.1 Å². The zero-order chi connectivity index (χ0) is 19.4. The molecule has 2 aromatic carbocycles. The van der Waals surface area contributed by atoms with E-state index in [4.69, 9.17) is 5.73 Å². The molecule has 1 aromatic heterocycles. The number of nitrogens with zero attached hydrogens (tertiary/aromatic N) is 2. The first kappa shape index (κ1) is 18.2. The molecule has 0 saturated carbocycles. The van der Waals surface area contributed by atoms with Crippen molar-refractivity contribution in [3.63, 3.8) is 0 Å². The highest BCUT2D eigenvalue weighted by atomic mass is 19.4. The number of halogens is 3. The molecule has 0 radical (unpaired) electrons. The van der Waals surface area contributed by atoms with E-state index in [9.17, 15) is 18.0 Å². The Morgan fingerprint density at radius 2 is 1.67 bits per heavy atom. The number of amides is 1. The van der Waals surface area contributed by atoms with Gasteiger partial charge in [-0.05, 0) is 23.8 Å². The molecule has 0 aliphatic heterocycles. The Balaban J connectivity index is 1.71. The topological polar surface area (TPSA) is 90.1 Å². The van der Waals surface area contributed by atoms with Gasteiger partial charge in [0.1, 0.15) is 0 Å². The summed E-state index contributed by atoms with van der Waals surface area (Å²) in [7, 11) is 0. The van der Waals surface area contributed by atoms with Gasteiger partial charge >= 0.3 is 6.36 Å². The van der Waals surface area contributed by atoms with Crippen molar-refractivity contribution < 1.29 is 22.7 Å². The fourth-order valence-electron chi connectivity index (χ4n) is 2.25. The van der Waals surface area contributed by atoms with E-state index >= 15 is 0 Å². The van der Waals surface area contributed by atoms with Gasteiger partial charge in [-0.25, -0.2) is 9.97 Å². The Labute approximate surface area is 151 Å². The van der Waals surface area contributed by atoms with Gasteiger partial charge in [-0.3, -0.25) is 10.1 Å². The molecule has 138 valence electrons. The highest BCUT2D eigenvalue weighted by Crippen LogP contribution is 2.29. The Bertz CT molecular complexity index is 945. The van der Waals surface area contributed by atoms with Crippen molar-refractivity contribution in [1.29, 1.82) is 0 Å². The second kappa shape index (κ2) is 7.32. The predicted octanol–water partition coefficient (Wildman–Crippen LogP) is 3.88. The van der Waals surface area contributed by atoms with Gasteiger partial charge in [-0.15, -0.1) is 13.2 Å². The molecular formula is C18H13F3N4O2. The highest BCUT2D eigenvalue weighted by molar-refractivity contribution is 6.04. The molecule has 0 aliphatic rings. The molecular weight excluding hydrogens is 361 g/mol. The molecule has 0 atom stereocenters. The van der Waals surface area contributed by atoms with Crippen molar-refractivity contribution in [2.45, 2.75) is 6.36 Å². The minimum Gasteiger partial charge on any atom is -0.404 e. The van der Waals surface area contributed by atoms with Gasteiger partial charge in [0.2, 0.25) is 5.95 Å². The van der Waals surface area contributed by atoms with E-state index in [-0.39, 0.29) is 17.2 Å². The van der Waals surface area contributed by atoms with Crippen molar-refractivity contribution in [2.75, 3.05) is 11.1 Å². The van der Waals surface area contributed by atoms with Crippen LogP contribution in [0.3, 0.4) is 0 Å². The lowest BCUT2D eigenvalue weighted by Crippen LogP contribution is -2.19. The number of alkyl halides is 3. The number of rotatable bonds is 4. The minimum absolute atomic E-state index is 0.0396. The Morgan fingerprint density at radius 1 is 1.00 bits per heavy atom. The van der Waals surface area contributed by atoms with E-state index < -0.39 is 18.0 Å². The fraction of sp³-hybridized carbons (Fsp3) is 0.0556. The van der Waals surface area contributed by atoms with Gasteiger partial charge in [-0.2, -0.15) is 0 Å². The van der Waals surface area contributed by atoms with Gasteiger partial charge in [-0.1, -0.05) is 30.3 Å². The molecule has 0 saturated heterocycles. The molecule has 3 N–H and O–H groups in total. The third kappa shape index (κ3) is 4.72. The number of anilines is 2. The molecule has 0 spiro atoms. The molecule has 0 fully saturated rings. The standard InChI is InChI=1S/C18H13F3N4O2/c19-18(20,21)27-15-7-6-12(8-14(15)22)16(26)25-17-23-9-13(10-24-17)11-4-2-1-3-5-11/h1-10H,22H2,(H,23,24,25,26). The van der Waals surface area contributed by atoms with E-state index in [1.807, 2.05) is 30.3 Å². The number of ether oxygens (including phenoxy) is 1. The first-order valence-electron chi connectivity index (χ1n) is 7.66. The van der Waals surface area contributed by atoms with Crippen LogP contribution in [0.15, 0.2) is 60.9 Å². The van der Waals surface area contributed by atoms with Crippen LogP contribution in [0.1, 0.15) is 10.4 Å². The van der Waals surface area contributed by atoms with Crippen LogP contribution < -0.4 is 15.8 Å². The van der Waals surface area contributed by atoms with Crippen LogP contribution in [-0.4, -0.2) is 22.2 Å². The highest BCUT2D eigenvalue weighted by Gasteiger charge is 2.32. The summed E-state index contributed by atoms with van der Waals surface area (Å²) in [6, 6.07) is 12.6. The van der Waals surface area contributed by atoms with Crippen molar-refractivity contribution >= 4 is 17.5 Å². The largest absolute Gasteiger partial charge is 0.573 e. The van der Waals surface area contributed by atoms with E-state index in [1.54, 1.807) is 12.4 Å².